The van der Waals surface area contributed by atoms with E-state index in [-0.39, 0.29) is 11.7 Å². The molecule has 1 saturated carbocycles. The largest absolute Gasteiger partial charge is 0.409 e. The molecular formula is C11H13Br2N3O2S. The van der Waals surface area contributed by atoms with Gasteiger partial charge in [0.1, 0.15) is 5.84 Å². The van der Waals surface area contributed by atoms with Crippen molar-refractivity contribution in [2.75, 3.05) is 6.54 Å². The SMILES string of the molecule is NC(CCN(C(=O)c1cc(Br)c(Br)s1)C1CC1)=NO. The van der Waals surface area contributed by atoms with Crippen LogP contribution in [-0.4, -0.2) is 34.4 Å². The first-order valence-corrected chi connectivity index (χ1v) is 8.15. The fraction of sp³-hybridized carbons (Fsp3) is 0.455. The summed E-state index contributed by atoms with van der Waals surface area (Å²) in [7, 11) is 0. The molecule has 1 fully saturated rings. The molecule has 0 atom stereocenters. The normalized spacial score (nSPS) is 15.6. The minimum atomic E-state index is 0.00430. The number of amidine groups is 1. The Morgan fingerprint density at radius 2 is 2.26 bits per heavy atom. The second-order valence-electron chi connectivity index (χ2n) is 4.30. The third kappa shape index (κ3) is 3.70. The van der Waals surface area contributed by atoms with E-state index in [1.807, 2.05) is 11.0 Å². The standard InChI is InChI=1S/C11H13Br2N3O2S/c12-7-5-8(19-10(7)13)11(17)16(6-1-2-6)4-3-9(14)15-18/h5-6,18H,1-4H2,(H2,14,15). The first-order chi connectivity index (χ1) is 9.02. The molecule has 2 rings (SSSR count). The van der Waals surface area contributed by atoms with Crippen molar-refractivity contribution in [2.24, 2.45) is 10.9 Å². The Hall–Kier alpha value is -0.600. The molecule has 0 unspecified atom stereocenters. The van der Waals surface area contributed by atoms with E-state index in [0.29, 0.717) is 23.9 Å². The van der Waals surface area contributed by atoms with E-state index in [1.165, 1.54) is 11.3 Å². The molecule has 1 aromatic heterocycles. The van der Waals surface area contributed by atoms with Crippen LogP contribution < -0.4 is 5.73 Å². The molecule has 0 saturated heterocycles. The van der Waals surface area contributed by atoms with Gasteiger partial charge in [-0.25, -0.2) is 0 Å². The van der Waals surface area contributed by atoms with Crippen LogP contribution in [0.5, 0.6) is 0 Å². The highest BCUT2D eigenvalue weighted by atomic mass is 79.9. The number of carbonyl (C=O) groups excluding carboxylic acids is 1. The van der Waals surface area contributed by atoms with E-state index in [9.17, 15) is 4.79 Å². The first-order valence-electron chi connectivity index (χ1n) is 5.75. The lowest BCUT2D eigenvalue weighted by Crippen LogP contribution is -2.35. The Labute approximate surface area is 131 Å². The molecule has 1 heterocycles. The molecule has 8 heteroatoms. The number of carbonyl (C=O) groups is 1. The van der Waals surface area contributed by atoms with Gasteiger partial charge < -0.3 is 15.8 Å². The summed E-state index contributed by atoms with van der Waals surface area (Å²) in [4.78, 5) is 14.9. The summed E-state index contributed by atoms with van der Waals surface area (Å²) >= 11 is 8.17. The molecule has 0 aliphatic heterocycles. The van der Waals surface area contributed by atoms with Crippen LogP contribution in [0.1, 0.15) is 28.9 Å². The van der Waals surface area contributed by atoms with E-state index in [1.54, 1.807) is 0 Å². The molecule has 0 bridgehead atoms. The van der Waals surface area contributed by atoms with E-state index in [4.69, 9.17) is 10.9 Å². The highest BCUT2D eigenvalue weighted by Crippen LogP contribution is 2.35. The molecule has 1 amide bonds. The van der Waals surface area contributed by atoms with Gasteiger partial charge in [-0.1, -0.05) is 5.16 Å². The van der Waals surface area contributed by atoms with Crippen molar-refractivity contribution in [3.05, 3.63) is 19.2 Å². The van der Waals surface area contributed by atoms with Gasteiger partial charge in [-0.3, -0.25) is 4.79 Å². The lowest BCUT2D eigenvalue weighted by atomic mass is 10.3. The minimum absolute atomic E-state index is 0.00430. The number of halogens is 2. The zero-order valence-corrected chi connectivity index (χ0v) is 14.0. The number of nitrogens with two attached hydrogens (primary N) is 1. The molecule has 5 nitrogen and oxygen atoms in total. The van der Waals surface area contributed by atoms with Crippen LogP contribution in [0.15, 0.2) is 19.5 Å². The van der Waals surface area contributed by atoms with Crippen molar-refractivity contribution in [1.82, 2.24) is 4.90 Å². The van der Waals surface area contributed by atoms with E-state index < -0.39 is 0 Å². The van der Waals surface area contributed by atoms with Crippen molar-refractivity contribution in [3.63, 3.8) is 0 Å². The summed E-state index contributed by atoms with van der Waals surface area (Å²) < 4.78 is 1.79. The highest BCUT2D eigenvalue weighted by Gasteiger charge is 2.33. The Balaban J connectivity index is 2.08. The summed E-state index contributed by atoms with van der Waals surface area (Å²) in [5.41, 5.74) is 5.46. The van der Waals surface area contributed by atoms with Gasteiger partial charge in [0.25, 0.3) is 5.91 Å². The fourth-order valence-corrected chi connectivity index (χ4v) is 3.71. The Bertz CT molecular complexity index is 495. The second-order valence-corrected chi connectivity index (χ2v) is 7.53. The molecule has 1 aliphatic carbocycles. The summed E-state index contributed by atoms with van der Waals surface area (Å²) in [5.74, 6) is 0.150. The second kappa shape index (κ2) is 6.23. The molecule has 1 aliphatic rings. The number of thiophene rings is 1. The Morgan fingerprint density at radius 3 is 2.74 bits per heavy atom. The topological polar surface area (TPSA) is 78.9 Å². The van der Waals surface area contributed by atoms with Crippen LogP contribution in [0.3, 0.4) is 0 Å². The molecule has 1 aromatic rings. The van der Waals surface area contributed by atoms with Gasteiger partial charge in [0.15, 0.2) is 0 Å². The van der Waals surface area contributed by atoms with Gasteiger partial charge in [0.05, 0.1) is 8.66 Å². The molecule has 0 radical (unpaired) electrons. The van der Waals surface area contributed by atoms with Gasteiger partial charge in [-0.15, -0.1) is 11.3 Å². The predicted octanol–water partition coefficient (Wildman–Crippen LogP) is 3.01. The van der Waals surface area contributed by atoms with Gasteiger partial charge in [-0.2, -0.15) is 0 Å². The van der Waals surface area contributed by atoms with E-state index in [2.05, 4.69) is 37.0 Å². The number of amides is 1. The molecule has 19 heavy (non-hydrogen) atoms. The summed E-state index contributed by atoms with van der Waals surface area (Å²) in [6.07, 6.45) is 2.43. The Kier molecular flexibility index (Phi) is 4.86. The third-order valence-electron chi connectivity index (χ3n) is 2.84. The van der Waals surface area contributed by atoms with Gasteiger partial charge >= 0.3 is 0 Å². The molecular weight excluding hydrogens is 398 g/mol. The zero-order valence-electron chi connectivity index (χ0n) is 9.97. The van der Waals surface area contributed by atoms with Crippen LogP contribution in [0.2, 0.25) is 0 Å². The van der Waals surface area contributed by atoms with Crippen molar-refractivity contribution in [2.45, 2.75) is 25.3 Å². The van der Waals surface area contributed by atoms with Gasteiger partial charge in [0, 0.05) is 23.5 Å². The predicted molar refractivity (Wildman–Crippen MR) is 81.8 cm³/mol. The maximum atomic E-state index is 12.4. The van der Waals surface area contributed by atoms with E-state index in [0.717, 1.165) is 21.1 Å². The zero-order chi connectivity index (χ0) is 14.0. The summed E-state index contributed by atoms with van der Waals surface area (Å²) in [6, 6.07) is 2.11. The Morgan fingerprint density at radius 1 is 1.58 bits per heavy atom. The molecule has 0 spiro atoms. The first kappa shape index (κ1) is 14.8. The molecule has 3 N–H and O–H groups in total. The molecule has 0 aromatic carbocycles. The van der Waals surface area contributed by atoms with Gasteiger partial charge in [-0.05, 0) is 50.8 Å². The van der Waals surface area contributed by atoms with Crippen molar-refractivity contribution >= 4 is 54.9 Å². The van der Waals surface area contributed by atoms with Crippen LogP contribution in [-0.2, 0) is 0 Å². The van der Waals surface area contributed by atoms with Crippen LogP contribution in [0.25, 0.3) is 0 Å². The van der Waals surface area contributed by atoms with Crippen LogP contribution in [0.4, 0.5) is 0 Å². The lowest BCUT2D eigenvalue weighted by Gasteiger charge is -2.21. The van der Waals surface area contributed by atoms with Crippen molar-refractivity contribution < 1.29 is 10.0 Å². The van der Waals surface area contributed by atoms with Crippen LogP contribution >= 0.6 is 43.2 Å². The molecule has 104 valence electrons. The maximum Gasteiger partial charge on any atom is 0.264 e. The number of nitrogens with zero attached hydrogens (tertiary/aromatic N) is 2. The van der Waals surface area contributed by atoms with Gasteiger partial charge in [0.2, 0.25) is 0 Å². The number of rotatable bonds is 5. The summed E-state index contributed by atoms with van der Waals surface area (Å²) in [6.45, 7) is 0.479. The van der Waals surface area contributed by atoms with E-state index >= 15 is 0 Å². The highest BCUT2D eigenvalue weighted by molar-refractivity contribution is 9.13. The number of hydrogen-bond donors (Lipinski definition) is 2. The maximum absolute atomic E-state index is 12.4. The third-order valence-corrected chi connectivity index (χ3v) is 6.09. The monoisotopic (exact) mass is 409 g/mol. The number of hydrogen-bond acceptors (Lipinski definition) is 4. The average molecular weight is 411 g/mol. The smallest absolute Gasteiger partial charge is 0.264 e. The average Bonchev–Trinajstić information content (AvgIpc) is 3.16. The fourth-order valence-electron chi connectivity index (χ4n) is 1.71. The quantitative estimate of drug-likeness (QED) is 0.339. The summed E-state index contributed by atoms with van der Waals surface area (Å²) in [5, 5.41) is 11.5. The van der Waals surface area contributed by atoms with Crippen molar-refractivity contribution in [3.8, 4) is 0 Å². The number of oxime groups is 1. The van der Waals surface area contributed by atoms with Crippen LogP contribution in [0, 0.1) is 0 Å². The minimum Gasteiger partial charge on any atom is -0.409 e. The van der Waals surface area contributed by atoms with Crippen molar-refractivity contribution in [1.29, 1.82) is 0 Å². The lowest BCUT2D eigenvalue weighted by molar-refractivity contribution is 0.0752.